The molecule has 0 bridgehead atoms. The Hall–Kier alpha value is -0.410. The Labute approximate surface area is 97.5 Å². The molecule has 1 aliphatic carbocycles. The highest BCUT2D eigenvalue weighted by Crippen LogP contribution is 2.42. The van der Waals surface area contributed by atoms with E-state index >= 15 is 0 Å². The van der Waals surface area contributed by atoms with Crippen LogP contribution in [-0.2, 0) is 14.3 Å². The molecule has 1 saturated carbocycles. The van der Waals surface area contributed by atoms with Crippen molar-refractivity contribution in [2.24, 2.45) is 5.92 Å². The highest BCUT2D eigenvalue weighted by atomic mass is 16.5. The molecule has 2 atom stereocenters. The van der Waals surface area contributed by atoms with Gasteiger partial charge in [-0.25, -0.2) is 0 Å². The lowest BCUT2D eigenvalue weighted by Crippen LogP contribution is -2.42. The van der Waals surface area contributed by atoms with Crippen molar-refractivity contribution in [1.29, 1.82) is 0 Å². The zero-order valence-corrected chi connectivity index (χ0v) is 10.3. The predicted octanol–water partition coefficient (Wildman–Crippen LogP) is 2.33. The average Bonchev–Trinajstić information content (AvgIpc) is 2.75. The van der Waals surface area contributed by atoms with Crippen LogP contribution in [0.1, 0.15) is 45.4 Å². The van der Waals surface area contributed by atoms with Gasteiger partial charge >= 0.3 is 0 Å². The van der Waals surface area contributed by atoms with Gasteiger partial charge in [0.2, 0.25) is 0 Å². The van der Waals surface area contributed by atoms with E-state index in [1.54, 1.807) is 7.11 Å². The molecule has 2 fully saturated rings. The Morgan fingerprint density at radius 2 is 2.12 bits per heavy atom. The maximum absolute atomic E-state index is 12.1. The Balaban J connectivity index is 1.98. The van der Waals surface area contributed by atoms with Gasteiger partial charge in [0.15, 0.2) is 5.78 Å². The molecule has 1 spiro atoms. The molecular weight excluding hydrogens is 204 g/mol. The summed E-state index contributed by atoms with van der Waals surface area (Å²) in [6.45, 7) is 2.59. The molecule has 1 saturated heterocycles. The van der Waals surface area contributed by atoms with Crippen LogP contribution in [0.5, 0.6) is 0 Å². The second-order valence-electron chi connectivity index (χ2n) is 5.21. The van der Waals surface area contributed by atoms with Gasteiger partial charge in [-0.3, -0.25) is 4.79 Å². The molecule has 0 radical (unpaired) electrons. The number of carbonyl (C=O) groups excluding carboxylic acids is 1. The van der Waals surface area contributed by atoms with Crippen molar-refractivity contribution in [3.63, 3.8) is 0 Å². The van der Waals surface area contributed by atoms with E-state index in [9.17, 15) is 4.79 Å². The van der Waals surface area contributed by atoms with Crippen LogP contribution >= 0.6 is 0 Å². The van der Waals surface area contributed by atoms with Gasteiger partial charge in [-0.05, 0) is 32.6 Å². The number of carbonyl (C=O) groups is 1. The van der Waals surface area contributed by atoms with Gasteiger partial charge in [0.25, 0.3) is 0 Å². The first kappa shape index (κ1) is 12.1. The van der Waals surface area contributed by atoms with Crippen molar-refractivity contribution in [3.05, 3.63) is 0 Å². The van der Waals surface area contributed by atoms with Crippen molar-refractivity contribution >= 4 is 5.78 Å². The summed E-state index contributed by atoms with van der Waals surface area (Å²) in [5.41, 5.74) is 0.0338. The number of Topliss-reactive ketones (excluding diaryl/α,β-unsaturated/α-hetero) is 1. The third-order valence-electron chi connectivity index (χ3n) is 4.16. The van der Waals surface area contributed by atoms with Gasteiger partial charge in [-0.2, -0.15) is 0 Å². The minimum absolute atomic E-state index is 0.0338. The lowest BCUT2D eigenvalue weighted by atomic mass is 9.81. The molecule has 92 valence electrons. The summed E-state index contributed by atoms with van der Waals surface area (Å²) in [7, 11) is 1.60. The summed E-state index contributed by atoms with van der Waals surface area (Å²) in [6.07, 6.45) is 6.30. The normalized spacial score (nSPS) is 30.5. The highest BCUT2D eigenvalue weighted by molar-refractivity contribution is 5.85. The molecule has 2 rings (SSSR count). The van der Waals surface area contributed by atoms with Crippen molar-refractivity contribution < 1.29 is 14.3 Å². The molecule has 3 nitrogen and oxygen atoms in total. The molecule has 0 aromatic carbocycles. The van der Waals surface area contributed by atoms with Crippen LogP contribution in [0.15, 0.2) is 0 Å². The van der Waals surface area contributed by atoms with Gasteiger partial charge in [-0.1, -0.05) is 12.8 Å². The first-order valence-corrected chi connectivity index (χ1v) is 6.37. The first-order valence-electron chi connectivity index (χ1n) is 6.37. The minimum atomic E-state index is -0.262. The molecule has 1 aliphatic heterocycles. The molecule has 1 heterocycles. The molecule has 0 aromatic heterocycles. The van der Waals surface area contributed by atoms with Crippen molar-refractivity contribution in [3.8, 4) is 0 Å². The molecule has 0 amide bonds. The van der Waals surface area contributed by atoms with E-state index in [1.807, 2.05) is 6.92 Å². The quantitative estimate of drug-likeness (QED) is 0.741. The molecule has 3 heteroatoms. The molecule has 2 unspecified atom stereocenters. The van der Waals surface area contributed by atoms with Crippen LogP contribution in [0.2, 0.25) is 0 Å². The highest BCUT2D eigenvalue weighted by Gasteiger charge is 2.42. The van der Waals surface area contributed by atoms with Gasteiger partial charge in [0.05, 0.1) is 5.60 Å². The largest absolute Gasteiger partial charge is 0.375 e. The van der Waals surface area contributed by atoms with Gasteiger partial charge in [-0.15, -0.1) is 0 Å². The zero-order valence-electron chi connectivity index (χ0n) is 10.3. The smallest absolute Gasteiger partial charge is 0.164 e. The fourth-order valence-corrected chi connectivity index (χ4v) is 3.09. The van der Waals surface area contributed by atoms with E-state index in [0.717, 1.165) is 32.3 Å². The van der Waals surface area contributed by atoms with Crippen molar-refractivity contribution in [2.75, 3.05) is 13.7 Å². The monoisotopic (exact) mass is 226 g/mol. The third kappa shape index (κ3) is 2.30. The Morgan fingerprint density at radius 3 is 2.75 bits per heavy atom. The standard InChI is InChI=1S/C13H22O3/c1-10(15-2)12(14)11-5-8-16-13(9-11)6-3-4-7-13/h10-11H,3-9H2,1-2H3. The Bertz CT molecular complexity index is 256. The Morgan fingerprint density at radius 1 is 1.44 bits per heavy atom. The van der Waals surface area contributed by atoms with E-state index < -0.39 is 0 Å². The molecule has 0 aromatic rings. The van der Waals surface area contributed by atoms with E-state index in [4.69, 9.17) is 9.47 Å². The zero-order chi connectivity index (χ0) is 11.6. The minimum Gasteiger partial charge on any atom is -0.375 e. The fraction of sp³-hybridized carbons (Fsp3) is 0.923. The van der Waals surface area contributed by atoms with Gasteiger partial charge in [0.1, 0.15) is 6.10 Å². The lowest BCUT2D eigenvalue weighted by Gasteiger charge is -2.38. The van der Waals surface area contributed by atoms with E-state index in [2.05, 4.69) is 0 Å². The maximum Gasteiger partial charge on any atom is 0.164 e. The topological polar surface area (TPSA) is 35.5 Å². The third-order valence-corrected chi connectivity index (χ3v) is 4.16. The van der Waals surface area contributed by atoms with E-state index in [1.165, 1.54) is 12.8 Å². The number of ketones is 1. The SMILES string of the molecule is COC(C)C(=O)C1CCOC2(CCCC2)C1. The number of methoxy groups -OCH3 is 1. The summed E-state index contributed by atoms with van der Waals surface area (Å²) in [6, 6.07) is 0. The van der Waals surface area contributed by atoms with Crippen LogP contribution in [0.25, 0.3) is 0 Å². The maximum atomic E-state index is 12.1. The number of hydrogen-bond acceptors (Lipinski definition) is 3. The van der Waals surface area contributed by atoms with Crippen LogP contribution in [-0.4, -0.2) is 31.2 Å². The number of hydrogen-bond donors (Lipinski definition) is 0. The van der Waals surface area contributed by atoms with Crippen molar-refractivity contribution in [1.82, 2.24) is 0 Å². The van der Waals surface area contributed by atoms with E-state index in [0.29, 0.717) is 0 Å². The van der Waals surface area contributed by atoms with Crippen LogP contribution in [0.4, 0.5) is 0 Å². The van der Waals surface area contributed by atoms with Gasteiger partial charge < -0.3 is 9.47 Å². The summed E-state index contributed by atoms with van der Waals surface area (Å²) < 4.78 is 11.1. The summed E-state index contributed by atoms with van der Waals surface area (Å²) in [4.78, 5) is 12.1. The Kier molecular flexibility index (Phi) is 3.65. The first-order chi connectivity index (χ1) is 7.67. The fourth-order valence-electron chi connectivity index (χ4n) is 3.09. The van der Waals surface area contributed by atoms with Gasteiger partial charge in [0, 0.05) is 19.6 Å². The van der Waals surface area contributed by atoms with E-state index in [-0.39, 0.29) is 23.4 Å². The summed E-state index contributed by atoms with van der Waals surface area (Å²) >= 11 is 0. The predicted molar refractivity (Wildman–Crippen MR) is 61.4 cm³/mol. The van der Waals surface area contributed by atoms with Crippen LogP contribution in [0, 0.1) is 5.92 Å². The lowest BCUT2D eigenvalue weighted by molar-refractivity contribution is -0.144. The van der Waals surface area contributed by atoms with Crippen LogP contribution in [0.3, 0.4) is 0 Å². The second-order valence-corrected chi connectivity index (χ2v) is 5.21. The molecular formula is C13H22O3. The molecule has 2 aliphatic rings. The number of rotatable bonds is 3. The summed E-state index contributed by atoms with van der Waals surface area (Å²) in [5, 5.41) is 0. The molecule has 0 N–H and O–H groups in total. The van der Waals surface area contributed by atoms with Crippen LogP contribution < -0.4 is 0 Å². The summed E-state index contributed by atoms with van der Waals surface area (Å²) in [5.74, 6) is 0.416. The number of ether oxygens (including phenoxy) is 2. The molecule has 16 heavy (non-hydrogen) atoms. The second kappa shape index (κ2) is 4.84. The average molecular weight is 226 g/mol. The van der Waals surface area contributed by atoms with Crippen molar-refractivity contribution in [2.45, 2.75) is 57.2 Å².